The van der Waals surface area contributed by atoms with Crippen LogP contribution >= 0.6 is 0 Å². The number of benzene rings is 2. The zero-order valence-electron chi connectivity index (χ0n) is 14.2. The Morgan fingerprint density at radius 3 is 2.41 bits per heavy atom. The second kappa shape index (κ2) is 6.24. The van der Waals surface area contributed by atoms with E-state index in [4.69, 9.17) is 4.55 Å². The van der Waals surface area contributed by atoms with Gasteiger partial charge < -0.3 is 5.11 Å². The van der Waals surface area contributed by atoms with Gasteiger partial charge in [-0.05, 0) is 48.6 Å². The maximum absolute atomic E-state index is 13.4. The normalized spacial score (nSPS) is 22.5. The zero-order chi connectivity index (χ0) is 19.2. The first kappa shape index (κ1) is 17.8. The average Bonchev–Trinajstić information content (AvgIpc) is 2.58. The summed E-state index contributed by atoms with van der Waals surface area (Å²) in [5.41, 5.74) is 0.565. The number of hydrogen-bond donors (Lipinski definition) is 2. The molecule has 27 heavy (non-hydrogen) atoms. The smallest absolute Gasteiger partial charge is 0.265 e. The molecular formula is C19H17FN2O4S. The van der Waals surface area contributed by atoms with Crippen LogP contribution in [0, 0.1) is 11.7 Å². The van der Waals surface area contributed by atoms with Gasteiger partial charge in [0.05, 0.1) is 22.1 Å². The SMILES string of the molecule is O=S(=O)(O)C[C@H]1C[C@](c2ccc(F)cc2)(c2nc(O)c3ccccc3n2)C1. The van der Waals surface area contributed by atoms with Crippen LogP contribution in [0.4, 0.5) is 4.39 Å². The number of nitrogens with zero attached hydrogens (tertiary/aromatic N) is 2. The topological polar surface area (TPSA) is 100 Å². The molecule has 2 aromatic carbocycles. The molecule has 140 valence electrons. The fourth-order valence-corrected chi connectivity index (χ4v) is 4.76. The van der Waals surface area contributed by atoms with Crippen molar-refractivity contribution in [1.82, 2.24) is 9.97 Å². The quantitative estimate of drug-likeness (QED) is 0.666. The molecular weight excluding hydrogens is 371 g/mol. The maximum atomic E-state index is 13.4. The van der Waals surface area contributed by atoms with Gasteiger partial charge in [-0.15, -0.1) is 0 Å². The van der Waals surface area contributed by atoms with Gasteiger partial charge in [-0.3, -0.25) is 4.55 Å². The largest absolute Gasteiger partial charge is 0.493 e. The summed E-state index contributed by atoms with van der Waals surface area (Å²) in [5, 5.41) is 10.8. The van der Waals surface area contributed by atoms with Crippen molar-refractivity contribution in [3.8, 4) is 5.88 Å². The molecule has 1 fully saturated rings. The molecule has 0 atom stereocenters. The second-order valence-electron chi connectivity index (χ2n) is 7.00. The van der Waals surface area contributed by atoms with E-state index in [0.717, 1.165) is 5.56 Å². The van der Waals surface area contributed by atoms with E-state index < -0.39 is 15.5 Å². The Bertz CT molecular complexity index is 1110. The molecule has 3 aromatic rings. The van der Waals surface area contributed by atoms with Crippen LogP contribution in [0.25, 0.3) is 10.9 Å². The Balaban J connectivity index is 1.81. The summed E-state index contributed by atoms with van der Waals surface area (Å²) in [6.07, 6.45) is 0.742. The lowest BCUT2D eigenvalue weighted by molar-refractivity contribution is 0.188. The van der Waals surface area contributed by atoms with E-state index in [1.54, 1.807) is 36.4 Å². The lowest BCUT2D eigenvalue weighted by atomic mass is 9.58. The highest BCUT2D eigenvalue weighted by Gasteiger charge is 2.50. The highest BCUT2D eigenvalue weighted by molar-refractivity contribution is 7.85. The van der Waals surface area contributed by atoms with Crippen LogP contribution in [-0.2, 0) is 15.5 Å². The molecule has 1 aromatic heterocycles. The fourth-order valence-electron chi connectivity index (χ4n) is 3.93. The van der Waals surface area contributed by atoms with Gasteiger partial charge in [0, 0.05) is 0 Å². The van der Waals surface area contributed by atoms with Crippen molar-refractivity contribution < 1.29 is 22.5 Å². The summed E-state index contributed by atoms with van der Waals surface area (Å²) in [6, 6.07) is 12.9. The van der Waals surface area contributed by atoms with Crippen molar-refractivity contribution in [1.29, 1.82) is 0 Å². The lowest BCUT2D eigenvalue weighted by Crippen LogP contribution is -2.46. The van der Waals surface area contributed by atoms with E-state index in [2.05, 4.69) is 9.97 Å². The first-order chi connectivity index (χ1) is 12.8. The Labute approximate surface area is 155 Å². The van der Waals surface area contributed by atoms with E-state index in [1.807, 2.05) is 0 Å². The molecule has 0 spiro atoms. The second-order valence-corrected chi connectivity index (χ2v) is 8.50. The molecule has 1 aliphatic carbocycles. The van der Waals surface area contributed by atoms with Gasteiger partial charge in [0.1, 0.15) is 11.6 Å². The molecule has 0 amide bonds. The number of rotatable bonds is 4. The molecule has 1 saturated carbocycles. The van der Waals surface area contributed by atoms with Crippen LogP contribution in [0.3, 0.4) is 0 Å². The van der Waals surface area contributed by atoms with Crippen LogP contribution in [0.5, 0.6) is 5.88 Å². The first-order valence-electron chi connectivity index (χ1n) is 8.44. The Morgan fingerprint density at radius 2 is 1.74 bits per heavy atom. The molecule has 4 rings (SSSR count). The van der Waals surface area contributed by atoms with E-state index in [0.29, 0.717) is 29.6 Å². The molecule has 0 saturated heterocycles. The number of aromatic nitrogens is 2. The average molecular weight is 388 g/mol. The summed E-state index contributed by atoms with van der Waals surface area (Å²) < 4.78 is 45.0. The molecule has 1 aliphatic rings. The van der Waals surface area contributed by atoms with Crippen LogP contribution in [0.15, 0.2) is 48.5 Å². The highest BCUT2D eigenvalue weighted by atomic mass is 32.2. The van der Waals surface area contributed by atoms with Crippen molar-refractivity contribution in [2.75, 3.05) is 5.75 Å². The molecule has 0 radical (unpaired) electrons. The number of hydrogen-bond acceptors (Lipinski definition) is 5. The van der Waals surface area contributed by atoms with Gasteiger partial charge in [-0.25, -0.2) is 9.37 Å². The lowest BCUT2D eigenvalue weighted by Gasteiger charge is -2.46. The molecule has 0 unspecified atom stereocenters. The van der Waals surface area contributed by atoms with Crippen molar-refractivity contribution >= 4 is 21.0 Å². The van der Waals surface area contributed by atoms with Crippen LogP contribution in [0.2, 0.25) is 0 Å². The van der Waals surface area contributed by atoms with Gasteiger partial charge in [0.2, 0.25) is 5.88 Å². The summed E-state index contributed by atoms with van der Waals surface area (Å²) in [6.45, 7) is 0. The first-order valence-corrected chi connectivity index (χ1v) is 10.1. The van der Waals surface area contributed by atoms with Crippen LogP contribution in [0.1, 0.15) is 24.2 Å². The van der Waals surface area contributed by atoms with Gasteiger partial charge in [0.25, 0.3) is 10.1 Å². The maximum Gasteiger partial charge on any atom is 0.265 e. The summed E-state index contributed by atoms with van der Waals surface area (Å²) in [5.74, 6) is -0.811. The minimum atomic E-state index is -4.10. The van der Waals surface area contributed by atoms with Crippen molar-refractivity contribution in [3.05, 3.63) is 65.7 Å². The molecule has 8 heteroatoms. The summed E-state index contributed by atoms with van der Waals surface area (Å²) in [7, 11) is -4.10. The van der Waals surface area contributed by atoms with E-state index in [1.165, 1.54) is 12.1 Å². The van der Waals surface area contributed by atoms with Crippen molar-refractivity contribution in [2.24, 2.45) is 5.92 Å². The zero-order valence-corrected chi connectivity index (χ0v) is 15.0. The van der Waals surface area contributed by atoms with Crippen molar-refractivity contribution in [2.45, 2.75) is 18.3 Å². The minimum absolute atomic E-state index is 0.157. The van der Waals surface area contributed by atoms with E-state index in [9.17, 15) is 17.9 Å². The van der Waals surface area contributed by atoms with Gasteiger partial charge >= 0.3 is 0 Å². The summed E-state index contributed by atoms with van der Waals surface area (Å²) in [4.78, 5) is 8.85. The monoisotopic (exact) mass is 388 g/mol. The predicted octanol–water partition coefficient (Wildman–Crippen LogP) is 3.06. The minimum Gasteiger partial charge on any atom is -0.493 e. The van der Waals surface area contributed by atoms with Crippen molar-refractivity contribution in [3.63, 3.8) is 0 Å². The third kappa shape index (κ3) is 3.26. The Kier molecular flexibility index (Phi) is 4.12. The molecule has 0 aliphatic heterocycles. The molecule has 6 nitrogen and oxygen atoms in total. The third-order valence-corrected chi connectivity index (χ3v) is 6.02. The van der Waals surface area contributed by atoms with E-state index >= 15 is 0 Å². The number of para-hydroxylation sites is 1. The summed E-state index contributed by atoms with van der Waals surface area (Å²) >= 11 is 0. The number of halogens is 1. The standard InChI is InChI=1S/C19H17FN2O4S/c20-14-7-5-13(6-8-14)19(9-12(10-19)11-27(24,25)26)18-21-16-4-2-1-3-15(16)17(23)22-18/h1-8,12H,9-11H2,(H,21,22,23)(H,24,25,26)/t12-,19-. The van der Waals surface area contributed by atoms with Crippen LogP contribution in [-0.4, -0.2) is 33.8 Å². The van der Waals surface area contributed by atoms with E-state index in [-0.39, 0.29) is 23.4 Å². The number of fused-ring (bicyclic) bond motifs is 1. The number of aromatic hydroxyl groups is 1. The fraction of sp³-hybridized carbons (Fsp3) is 0.263. The Hall–Kier alpha value is -2.58. The third-order valence-electron chi connectivity index (χ3n) is 5.13. The van der Waals surface area contributed by atoms with Gasteiger partial charge in [-0.1, -0.05) is 24.3 Å². The highest BCUT2D eigenvalue weighted by Crippen LogP contribution is 2.52. The van der Waals surface area contributed by atoms with Gasteiger partial charge in [0.15, 0.2) is 0 Å². The molecule has 2 N–H and O–H groups in total. The molecule has 1 heterocycles. The van der Waals surface area contributed by atoms with Gasteiger partial charge in [-0.2, -0.15) is 13.4 Å². The Morgan fingerprint density at radius 1 is 1.07 bits per heavy atom. The van der Waals surface area contributed by atoms with Crippen LogP contribution < -0.4 is 0 Å². The predicted molar refractivity (Wildman–Crippen MR) is 97.5 cm³/mol. The molecule has 0 bridgehead atoms.